The van der Waals surface area contributed by atoms with E-state index in [2.05, 4.69) is 22.5 Å². The SMILES string of the molecule is CC(C)CNC(=O)c1cc(NC(=O)/C=C/c2ccc([N+](=O)[O-])cc2)ccc1N1CCC(C)CC1. The first-order valence-corrected chi connectivity index (χ1v) is 11.6. The van der Waals surface area contributed by atoms with Crippen molar-refractivity contribution in [1.82, 2.24) is 5.32 Å². The van der Waals surface area contributed by atoms with E-state index in [9.17, 15) is 19.7 Å². The van der Waals surface area contributed by atoms with Crippen molar-refractivity contribution >= 4 is 35.0 Å². The summed E-state index contributed by atoms with van der Waals surface area (Å²) in [7, 11) is 0. The lowest BCUT2D eigenvalue weighted by Gasteiger charge is -2.33. The fraction of sp³-hybridized carbons (Fsp3) is 0.385. The average molecular weight is 465 g/mol. The molecule has 180 valence electrons. The number of nitro benzene ring substituents is 1. The molecule has 3 rings (SSSR count). The van der Waals surface area contributed by atoms with Crippen LogP contribution in [0.3, 0.4) is 0 Å². The summed E-state index contributed by atoms with van der Waals surface area (Å²) < 4.78 is 0. The predicted molar refractivity (Wildman–Crippen MR) is 135 cm³/mol. The van der Waals surface area contributed by atoms with Crippen molar-refractivity contribution in [1.29, 1.82) is 0 Å². The highest BCUT2D eigenvalue weighted by molar-refractivity contribution is 6.05. The van der Waals surface area contributed by atoms with Gasteiger partial charge in [0, 0.05) is 49.2 Å². The van der Waals surface area contributed by atoms with Gasteiger partial charge in [0.2, 0.25) is 5.91 Å². The van der Waals surface area contributed by atoms with Gasteiger partial charge in [-0.1, -0.05) is 20.8 Å². The van der Waals surface area contributed by atoms with Gasteiger partial charge in [-0.2, -0.15) is 0 Å². The zero-order valence-corrected chi connectivity index (χ0v) is 19.9. The minimum Gasteiger partial charge on any atom is -0.371 e. The Hall–Kier alpha value is -3.68. The third kappa shape index (κ3) is 6.91. The summed E-state index contributed by atoms with van der Waals surface area (Å²) >= 11 is 0. The maximum Gasteiger partial charge on any atom is 0.269 e. The first-order valence-electron chi connectivity index (χ1n) is 11.6. The molecule has 0 bridgehead atoms. The van der Waals surface area contributed by atoms with Gasteiger partial charge in [-0.3, -0.25) is 19.7 Å². The number of non-ortho nitro benzene ring substituents is 1. The van der Waals surface area contributed by atoms with Crippen LogP contribution in [0.4, 0.5) is 17.1 Å². The topological polar surface area (TPSA) is 105 Å². The monoisotopic (exact) mass is 464 g/mol. The molecule has 0 aliphatic carbocycles. The quantitative estimate of drug-likeness (QED) is 0.329. The van der Waals surface area contributed by atoms with E-state index < -0.39 is 4.92 Å². The number of nitrogens with one attached hydrogen (secondary N) is 2. The van der Waals surface area contributed by atoms with E-state index in [0.29, 0.717) is 35.2 Å². The van der Waals surface area contributed by atoms with E-state index in [1.807, 2.05) is 26.0 Å². The van der Waals surface area contributed by atoms with E-state index in [4.69, 9.17) is 0 Å². The number of benzene rings is 2. The summed E-state index contributed by atoms with van der Waals surface area (Å²) in [6.45, 7) is 8.70. The molecule has 1 saturated heterocycles. The zero-order chi connectivity index (χ0) is 24.7. The molecular weight excluding hydrogens is 432 g/mol. The maximum atomic E-state index is 13.0. The average Bonchev–Trinajstić information content (AvgIpc) is 2.82. The van der Waals surface area contributed by atoms with Crippen molar-refractivity contribution in [2.24, 2.45) is 11.8 Å². The van der Waals surface area contributed by atoms with E-state index in [1.165, 1.54) is 18.2 Å². The molecule has 8 nitrogen and oxygen atoms in total. The first-order chi connectivity index (χ1) is 16.2. The predicted octanol–water partition coefficient (Wildman–Crippen LogP) is 4.87. The number of nitrogens with zero attached hydrogens (tertiary/aromatic N) is 2. The Bertz CT molecular complexity index is 1050. The molecule has 1 aliphatic rings. The van der Waals surface area contributed by atoms with E-state index in [0.717, 1.165) is 31.6 Å². The van der Waals surface area contributed by atoms with Crippen LogP contribution in [0.1, 0.15) is 49.5 Å². The molecular formula is C26H32N4O4. The summed E-state index contributed by atoms with van der Waals surface area (Å²) in [4.78, 5) is 38.0. The van der Waals surface area contributed by atoms with Crippen LogP contribution in [0.15, 0.2) is 48.5 Å². The molecule has 0 radical (unpaired) electrons. The van der Waals surface area contributed by atoms with Crippen LogP contribution >= 0.6 is 0 Å². The maximum absolute atomic E-state index is 13.0. The van der Waals surface area contributed by atoms with E-state index in [1.54, 1.807) is 24.3 Å². The van der Waals surface area contributed by atoms with Crippen molar-refractivity contribution in [2.45, 2.75) is 33.6 Å². The third-order valence-electron chi connectivity index (χ3n) is 5.83. The smallest absolute Gasteiger partial charge is 0.269 e. The molecule has 2 N–H and O–H groups in total. The lowest BCUT2D eigenvalue weighted by atomic mass is 9.97. The van der Waals surface area contributed by atoms with Gasteiger partial charge in [0.15, 0.2) is 0 Å². The van der Waals surface area contributed by atoms with E-state index >= 15 is 0 Å². The zero-order valence-electron chi connectivity index (χ0n) is 19.9. The van der Waals surface area contributed by atoms with Gasteiger partial charge in [-0.05, 0) is 66.6 Å². The van der Waals surface area contributed by atoms with Crippen LogP contribution in [0.25, 0.3) is 6.08 Å². The van der Waals surface area contributed by atoms with Gasteiger partial charge in [-0.15, -0.1) is 0 Å². The molecule has 2 amide bonds. The number of rotatable bonds is 8. The Labute approximate surface area is 200 Å². The molecule has 0 aromatic heterocycles. The van der Waals surface area contributed by atoms with Crippen molar-refractivity contribution in [3.05, 3.63) is 69.8 Å². The fourth-order valence-corrected chi connectivity index (χ4v) is 3.78. The Kier molecular flexibility index (Phi) is 8.40. The number of hydrogen-bond acceptors (Lipinski definition) is 5. The summed E-state index contributed by atoms with van der Waals surface area (Å²) in [5.74, 6) is 0.498. The van der Waals surface area contributed by atoms with E-state index in [-0.39, 0.29) is 17.5 Å². The molecule has 2 aromatic carbocycles. The summed E-state index contributed by atoms with van der Waals surface area (Å²) in [6.07, 6.45) is 5.11. The van der Waals surface area contributed by atoms with Gasteiger partial charge < -0.3 is 15.5 Å². The number of amides is 2. The minimum atomic E-state index is -0.469. The highest BCUT2D eigenvalue weighted by atomic mass is 16.6. The second-order valence-corrected chi connectivity index (χ2v) is 9.18. The van der Waals surface area contributed by atoms with Crippen LogP contribution < -0.4 is 15.5 Å². The molecule has 2 aromatic rings. The van der Waals surface area contributed by atoms with Crippen LogP contribution in [0.5, 0.6) is 0 Å². The lowest BCUT2D eigenvalue weighted by molar-refractivity contribution is -0.384. The molecule has 8 heteroatoms. The van der Waals surface area contributed by atoms with Crippen LogP contribution in [0, 0.1) is 22.0 Å². The highest BCUT2D eigenvalue weighted by Gasteiger charge is 2.22. The number of anilines is 2. The molecule has 34 heavy (non-hydrogen) atoms. The number of nitro groups is 1. The second-order valence-electron chi connectivity index (χ2n) is 9.18. The van der Waals surface area contributed by atoms with Crippen LogP contribution in [-0.2, 0) is 4.79 Å². The Morgan fingerprint density at radius 2 is 1.82 bits per heavy atom. The fourth-order valence-electron chi connectivity index (χ4n) is 3.78. The Balaban J connectivity index is 1.75. The summed E-state index contributed by atoms with van der Waals surface area (Å²) in [6, 6.07) is 11.4. The number of hydrogen-bond donors (Lipinski definition) is 2. The number of carbonyl (C=O) groups is 2. The van der Waals surface area contributed by atoms with Gasteiger partial charge >= 0.3 is 0 Å². The third-order valence-corrected chi connectivity index (χ3v) is 5.83. The standard InChI is InChI=1S/C26H32N4O4/c1-18(2)17-27-26(32)23-16-21(7-10-24(23)29-14-12-19(3)13-15-29)28-25(31)11-6-20-4-8-22(9-5-20)30(33)34/h4-11,16,18-19H,12-15,17H2,1-3H3,(H,27,32)(H,28,31)/b11-6+. The molecule has 0 unspecified atom stereocenters. The molecule has 1 fully saturated rings. The van der Waals surface area contributed by atoms with Gasteiger partial charge in [0.05, 0.1) is 10.5 Å². The largest absolute Gasteiger partial charge is 0.371 e. The van der Waals surface area contributed by atoms with Crippen molar-refractivity contribution in [2.75, 3.05) is 29.9 Å². The van der Waals surface area contributed by atoms with Gasteiger partial charge in [0.1, 0.15) is 0 Å². The minimum absolute atomic E-state index is 0.00636. The highest BCUT2D eigenvalue weighted by Crippen LogP contribution is 2.29. The van der Waals surface area contributed by atoms with Crippen molar-refractivity contribution in [3.63, 3.8) is 0 Å². The second kappa shape index (κ2) is 11.4. The normalized spacial score (nSPS) is 14.4. The summed E-state index contributed by atoms with van der Waals surface area (Å²) in [5.41, 5.74) is 2.62. The van der Waals surface area contributed by atoms with Crippen LogP contribution in [-0.4, -0.2) is 36.4 Å². The Morgan fingerprint density at radius 3 is 2.44 bits per heavy atom. The van der Waals surface area contributed by atoms with Crippen molar-refractivity contribution in [3.8, 4) is 0 Å². The van der Waals surface area contributed by atoms with Gasteiger partial charge in [-0.25, -0.2) is 0 Å². The first kappa shape index (κ1) is 25.0. The van der Waals surface area contributed by atoms with Crippen molar-refractivity contribution < 1.29 is 14.5 Å². The molecule has 0 spiro atoms. The lowest BCUT2D eigenvalue weighted by Crippen LogP contribution is -2.35. The molecule has 0 atom stereocenters. The molecule has 1 aliphatic heterocycles. The molecule has 0 saturated carbocycles. The molecule has 1 heterocycles. The Morgan fingerprint density at radius 1 is 1.15 bits per heavy atom. The number of carbonyl (C=O) groups excluding carboxylic acids is 2. The van der Waals surface area contributed by atoms with Crippen LogP contribution in [0.2, 0.25) is 0 Å². The number of piperidine rings is 1. The van der Waals surface area contributed by atoms with Gasteiger partial charge in [0.25, 0.3) is 11.6 Å². The summed E-state index contributed by atoms with van der Waals surface area (Å²) in [5, 5.41) is 16.6.